The van der Waals surface area contributed by atoms with Crippen molar-refractivity contribution < 1.29 is 4.79 Å². The third-order valence-electron chi connectivity index (χ3n) is 1.54. The molecule has 1 rings (SSSR count). The van der Waals surface area contributed by atoms with Gasteiger partial charge in [-0.1, -0.05) is 0 Å². The normalized spacial score (nSPS) is 11.8. The van der Waals surface area contributed by atoms with Crippen LogP contribution in [0.2, 0.25) is 0 Å². The maximum absolute atomic E-state index is 11.1. The molecule has 1 unspecified atom stereocenters. The number of nitrogens with two attached hydrogens (primary N) is 2. The van der Waals surface area contributed by atoms with E-state index in [0.29, 0.717) is 0 Å². The first kappa shape index (κ1) is 10.0. The molecule has 0 aliphatic carbocycles. The average Bonchev–Trinajstić information content (AvgIpc) is 2.53. The minimum absolute atomic E-state index is 0.243. The van der Waals surface area contributed by atoms with E-state index in [0.717, 1.165) is 0 Å². The van der Waals surface area contributed by atoms with Gasteiger partial charge in [0.1, 0.15) is 6.17 Å². The highest BCUT2D eigenvalue weighted by molar-refractivity contribution is 5.90. The Morgan fingerprint density at radius 3 is 2.86 bits per heavy atom. The fourth-order valence-electron chi connectivity index (χ4n) is 0.901. The number of rotatable bonds is 2. The van der Waals surface area contributed by atoms with Crippen LogP contribution in [0, 0.1) is 0 Å². The Kier molecular flexibility index (Phi) is 3.05. The third-order valence-corrected chi connectivity index (χ3v) is 1.54. The molecule has 2 amide bonds. The summed E-state index contributed by atoms with van der Waals surface area (Å²) in [5.74, 6) is -0.264. The van der Waals surface area contributed by atoms with Gasteiger partial charge in [0.15, 0.2) is 5.96 Å². The number of guanidine groups is 1. The zero-order valence-corrected chi connectivity index (χ0v) is 7.71. The highest BCUT2D eigenvalue weighted by atomic mass is 16.2. The lowest BCUT2D eigenvalue weighted by Gasteiger charge is -2.12. The van der Waals surface area contributed by atoms with Gasteiger partial charge in [-0.2, -0.15) is 4.99 Å². The van der Waals surface area contributed by atoms with Crippen molar-refractivity contribution in [3.8, 4) is 0 Å². The molecule has 0 fully saturated rings. The molecule has 1 aromatic rings. The molecule has 0 spiro atoms. The van der Waals surface area contributed by atoms with Gasteiger partial charge in [-0.05, 0) is 6.92 Å². The molecule has 0 aliphatic rings. The largest absolute Gasteiger partial charge is 0.370 e. The smallest absolute Gasteiger partial charge is 0.345 e. The van der Waals surface area contributed by atoms with E-state index in [4.69, 9.17) is 11.5 Å². The summed E-state index contributed by atoms with van der Waals surface area (Å²) >= 11 is 0. The zero-order chi connectivity index (χ0) is 10.6. The van der Waals surface area contributed by atoms with Crippen LogP contribution >= 0.6 is 0 Å². The average molecular weight is 196 g/mol. The quantitative estimate of drug-likeness (QED) is 0.432. The van der Waals surface area contributed by atoms with Crippen molar-refractivity contribution in [3.05, 3.63) is 18.7 Å². The van der Waals surface area contributed by atoms with E-state index in [-0.39, 0.29) is 12.1 Å². The molecule has 14 heavy (non-hydrogen) atoms. The van der Waals surface area contributed by atoms with Crippen LogP contribution in [0.4, 0.5) is 4.79 Å². The molecule has 76 valence electrons. The van der Waals surface area contributed by atoms with Gasteiger partial charge in [-0.15, -0.1) is 0 Å². The fourth-order valence-corrected chi connectivity index (χ4v) is 0.901. The molecule has 0 aromatic carbocycles. The van der Waals surface area contributed by atoms with Crippen LogP contribution in [0.25, 0.3) is 0 Å². The van der Waals surface area contributed by atoms with Gasteiger partial charge in [-0.3, -0.25) is 0 Å². The Labute approximate surface area is 80.8 Å². The summed E-state index contributed by atoms with van der Waals surface area (Å²) in [6.07, 6.45) is 4.68. The topological polar surface area (TPSA) is 111 Å². The number of hydrogen-bond donors (Lipinski definition) is 3. The Bertz CT molecular complexity index is 326. The molecule has 0 radical (unpaired) electrons. The van der Waals surface area contributed by atoms with Crippen molar-refractivity contribution in [1.82, 2.24) is 14.9 Å². The van der Waals surface area contributed by atoms with Gasteiger partial charge in [0, 0.05) is 12.4 Å². The lowest BCUT2D eigenvalue weighted by atomic mass is 10.5. The van der Waals surface area contributed by atoms with Crippen molar-refractivity contribution in [3.63, 3.8) is 0 Å². The van der Waals surface area contributed by atoms with Crippen LogP contribution in [0.15, 0.2) is 23.7 Å². The standard InChI is InChI=1S/C7H12N6O/c1-5(13-3-2-10-4-13)11-7(14)12-6(8)9/h2-5H,1H3,(H5,8,9,11,12,14). The summed E-state index contributed by atoms with van der Waals surface area (Å²) in [4.78, 5) is 18.2. The number of urea groups is 1. The minimum atomic E-state index is -0.578. The number of imidazole rings is 1. The molecule has 0 saturated carbocycles. The third kappa shape index (κ3) is 2.77. The molecule has 7 nitrogen and oxygen atoms in total. The van der Waals surface area contributed by atoms with Crippen molar-refractivity contribution in [1.29, 1.82) is 0 Å². The monoisotopic (exact) mass is 196 g/mol. The maximum atomic E-state index is 11.1. The van der Waals surface area contributed by atoms with Gasteiger partial charge in [0.05, 0.1) is 6.33 Å². The van der Waals surface area contributed by atoms with Gasteiger partial charge >= 0.3 is 6.03 Å². The van der Waals surface area contributed by atoms with Crippen molar-refractivity contribution in [2.75, 3.05) is 0 Å². The first-order valence-corrected chi connectivity index (χ1v) is 3.97. The lowest BCUT2D eigenvalue weighted by molar-refractivity contribution is 0.242. The fraction of sp³-hybridized carbons (Fsp3) is 0.286. The highest BCUT2D eigenvalue weighted by Crippen LogP contribution is 1.99. The van der Waals surface area contributed by atoms with E-state index >= 15 is 0 Å². The van der Waals surface area contributed by atoms with Gasteiger partial charge in [-0.25, -0.2) is 9.78 Å². The van der Waals surface area contributed by atoms with E-state index in [2.05, 4.69) is 15.3 Å². The summed E-state index contributed by atoms with van der Waals surface area (Å²) in [5, 5.41) is 2.55. The predicted octanol–water partition coefficient (Wildman–Crippen LogP) is -0.615. The van der Waals surface area contributed by atoms with Crippen LogP contribution in [0.5, 0.6) is 0 Å². The van der Waals surface area contributed by atoms with E-state index in [1.165, 1.54) is 0 Å². The summed E-state index contributed by atoms with van der Waals surface area (Å²) in [5.41, 5.74) is 10.1. The van der Waals surface area contributed by atoms with E-state index in [9.17, 15) is 4.79 Å². The molecule has 0 aliphatic heterocycles. The predicted molar refractivity (Wildman–Crippen MR) is 51.3 cm³/mol. The minimum Gasteiger partial charge on any atom is -0.370 e. The maximum Gasteiger partial charge on any atom is 0.345 e. The summed E-state index contributed by atoms with van der Waals surface area (Å²) in [6.45, 7) is 1.78. The summed E-state index contributed by atoms with van der Waals surface area (Å²) in [6, 6.07) is -0.578. The van der Waals surface area contributed by atoms with Crippen LogP contribution in [0.1, 0.15) is 13.1 Å². The highest BCUT2D eigenvalue weighted by Gasteiger charge is 2.06. The van der Waals surface area contributed by atoms with Gasteiger partial charge in [0.25, 0.3) is 0 Å². The molecule has 0 bridgehead atoms. The van der Waals surface area contributed by atoms with E-state index in [1.54, 1.807) is 30.2 Å². The second-order valence-corrected chi connectivity index (χ2v) is 2.67. The SMILES string of the molecule is CC(NC(=O)N=C(N)N)n1ccnc1. The molecule has 5 N–H and O–H groups in total. The van der Waals surface area contributed by atoms with Crippen LogP contribution in [0.3, 0.4) is 0 Å². The summed E-state index contributed by atoms with van der Waals surface area (Å²) < 4.78 is 1.71. The second kappa shape index (κ2) is 4.26. The molecule has 1 aromatic heterocycles. The molecular formula is C7H12N6O. The number of nitrogens with zero attached hydrogens (tertiary/aromatic N) is 3. The summed E-state index contributed by atoms with van der Waals surface area (Å²) in [7, 11) is 0. The number of amides is 2. The Morgan fingerprint density at radius 1 is 1.64 bits per heavy atom. The van der Waals surface area contributed by atoms with Crippen molar-refractivity contribution in [2.45, 2.75) is 13.1 Å². The first-order chi connectivity index (χ1) is 6.59. The number of nitrogens with one attached hydrogen (secondary N) is 1. The van der Waals surface area contributed by atoms with E-state index < -0.39 is 6.03 Å². The molecule has 0 saturated heterocycles. The number of aromatic nitrogens is 2. The van der Waals surface area contributed by atoms with Crippen LogP contribution in [-0.2, 0) is 0 Å². The number of hydrogen-bond acceptors (Lipinski definition) is 2. The Morgan fingerprint density at radius 2 is 2.36 bits per heavy atom. The van der Waals surface area contributed by atoms with Crippen LogP contribution < -0.4 is 16.8 Å². The Balaban J connectivity index is 2.54. The molecular weight excluding hydrogens is 184 g/mol. The molecule has 7 heteroatoms. The van der Waals surface area contributed by atoms with Gasteiger partial charge < -0.3 is 21.4 Å². The van der Waals surface area contributed by atoms with Gasteiger partial charge in [0.2, 0.25) is 0 Å². The number of carbonyl (C=O) groups is 1. The molecule has 1 atom stereocenters. The van der Waals surface area contributed by atoms with Crippen LogP contribution in [-0.4, -0.2) is 21.5 Å². The zero-order valence-electron chi connectivity index (χ0n) is 7.71. The number of carbonyl (C=O) groups excluding carboxylic acids is 1. The Hall–Kier alpha value is -2.05. The molecule has 1 heterocycles. The first-order valence-electron chi connectivity index (χ1n) is 3.97. The van der Waals surface area contributed by atoms with E-state index in [1.807, 2.05) is 0 Å². The lowest BCUT2D eigenvalue weighted by Crippen LogP contribution is -2.31. The van der Waals surface area contributed by atoms with Crippen molar-refractivity contribution in [2.24, 2.45) is 16.5 Å². The number of aliphatic imine (C=N–C) groups is 1. The second-order valence-electron chi connectivity index (χ2n) is 2.67. The van der Waals surface area contributed by atoms with Crippen molar-refractivity contribution >= 4 is 12.0 Å².